The molecule has 5 heteroatoms. The molecule has 2 atom stereocenters. The van der Waals surface area contributed by atoms with Crippen LogP contribution in [0.4, 0.5) is 5.69 Å². The van der Waals surface area contributed by atoms with Crippen LogP contribution in [0.25, 0.3) is 0 Å². The maximum Gasteiger partial charge on any atom is 0.282 e. The lowest BCUT2D eigenvalue weighted by atomic mass is 10.2. The summed E-state index contributed by atoms with van der Waals surface area (Å²) in [5.41, 5.74) is 3.17. The van der Waals surface area contributed by atoms with Gasteiger partial charge in [0.15, 0.2) is 6.04 Å². The van der Waals surface area contributed by atoms with Gasteiger partial charge in [0.05, 0.1) is 7.05 Å². The van der Waals surface area contributed by atoms with Gasteiger partial charge in [-0.1, -0.05) is 30.3 Å². The predicted octanol–water partition coefficient (Wildman–Crippen LogP) is 3.37. The van der Waals surface area contributed by atoms with E-state index in [9.17, 15) is 4.79 Å². The molecule has 0 bridgehead atoms. The molecule has 0 saturated heterocycles. The minimum Gasteiger partial charge on any atom is -0.489 e. The van der Waals surface area contributed by atoms with Gasteiger partial charge in [-0.2, -0.15) is 11.3 Å². The average molecular weight is 382 g/mol. The van der Waals surface area contributed by atoms with Crippen molar-refractivity contribution < 1.29 is 14.4 Å². The van der Waals surface area contributed by atoms with Crippen molar-refractivity contribution in [1.29, 1.82) is 0 Å². The zero-order valence-corrected chi connectivity index (χ0v) is 16.5. The lowest BCUT2D eigenvalue weighted by molar-refractivity contribution is -0.907. The van der Waals surface area contributed by atoms with Crippen LogP contribution < -0.4 is 15.0 Å². The van der Waals surface area contributed by atoms with Crippen molar-refractivity contribution in [3.8, 4) is 5.75 Å². The molecule has 0 aliphatic heterocycles. The summed E-state index contributed by atoms with van der Waals surface area (Å²) in [6.07, 6.45) is 0. The van der Waals surface area contributed by atoms with Crippen molar-refractivity contribution in [2.45, 2.75) is 26.1 Å². The summed E-state index contributed by atoms with van der Waals surface area (Å²) >= 11 is 1.68. The number of anilines is 1. The van der Waals surface area contributed by atoms with Gasteiger partial charge in [-0.25, -0.2) is 0 Å². The Morgan fingerprint density at radius 2 is 1.81 bits per heavy atom. The van der Waals surface area contributed by atoms with E-state index in [1.165, 1.54) is 5.56 Å². The van der Waals surface area contributed by atoms with Gasteiger partial charge < -0.3 is 15.0 Å². The van der Waals surface area contributed by atoms with Gasteiger partial charge in [-0.05, 0) is 53.6 Å². The monoisotopic (exact) mass is 381 g/mol. The van der Waals surface area contributed by atoms with E-state index < -0.39 is 0 Å². The third kappa shape index (κ3) is 5.67. The van der Waals surface area contributed by atoms with Crippen molar-refractivity contribution in [3.05, 3.63) is 82.6 Å². The normalized spacial score (nSPS) is 13.0. The fourth-order valence-electron chi connectivity index (χ4n) is 2.72. The number of quaternary nitrogens is 1. The Morgan fingerprint density at radius 3 is 2.48 bits per heavy atom. The second kappa shape index (κ2) is 9.35. The van der Waals surface area contributed by atoms with Crippen LogP contribution in [0.1, 0.15) is 18.1 Å². The number of hydrogen-bond donors (Lipinski definition) is 2. The highest BCUT2D eigenvalue weighted by Gasteiger charge is 2.22. The first-order chi connectivity index (χ1) is 13.1. The molecule has 0 radical (unpaired) electrons. The SMILES string of the molecule is C[C@@H](C(=O)Nc1ccc(OCc2ccccc2)cc1)[NH+](C)Cc1ccsc1. The maximum absolute atomic E-state index is 12.5. The van der Waals surface area contributed by atoms with Gasteiger partial charge in [0.25, 0.3) is 5.91 Å². The summed E-state index contributed by atoms with van der Waals surface area (Å²) in [6.45, 7) is 3.32. The van der Waals surface area contributed by atoms with E-state index in [0.717, 1.165) is 28.4 Å². The molecular formula is C22H25N2O2S+. The Morgan fingerprint density at radius 1 is 1.07 bits per heavy atom. The minimum absolute atomic E-state index is 0.0145. The number of amides is 1. The number of ether oxygens (including phenoxy) is 1. The zero-order valence-electron chi connectivity index (χ0n) is 15.6. The Balaban J connectivity index is 1.50. The maximum atomic E-state index is 12.5. The van der Waals surface area contributed by atoms with Gasteiger partial charge in [0.2, 0.25) is 0 Å². The van der Waals surface area contributed by atoms with E-state index in [0.29, 0.717) is 6.61 Å². The molecule has 1 unspecified atom stereocenters. The van der Waals surface area contributed by atoms with Crippen LogP contribution in [0.2, 0.25) is 0 Å². The fourth-order valence-corrected chi connectivity index (χ4v) is 3.39. The van der Waals surface area contributed by atoms with Gasteiger partial charge in [0.1, 0.15) is 18.9 Å². The minimum atomic E-state index is -0.140. The Bertz CT molecular complexity index is 833. The molecule has 4 nitrogen and oxygen atoms in total. The van der Waals surface area contributed by atoms with Crippen LogP contribution in [0.3, 0.4) is 0 Å². The van der Waals surface area contributed by atoms with E-state index in [4.69, 9.17) is 4.74 Å². The number of carbonyl (C=O) groups excluding carboxylic acids is 1. The first kappa shape index (κ1) is 19.1. The van der Waals surface area contributed by atoms with Gasteiger partial charge >= 0.3 is 0 Å². The number of thiophene rings is 1. The van der Waals surface area contributed by atoms with Crippen LogP contribution in [0, 0.1) is 0 Å². The van der Waals surface area contributed by atoms with Gasteiger partial charge in [0, 0.05) is 11.3 Å². The number of likely N-dealkylation sites (N-methyl/N-ethyl adjacent to an activating group) is 1. The summed E-state index contributed by atoms with van der Waals surface area (Å²) in [6, 6.07) is 19.5. The van der Waals surface area contributed by atoms with Crippen LogP contribution in [0.5, 0.6) is 5.75 Å². The molecule has 27 heavy (non-hydrogen) atoms. The Labute approximate surface area is 164 Å². The largest absolute Gasteiger partial charge is 0.489 e. The lowest BCUT2D eigenvalue weighted by Crippen LogP contribution is -3.12. The van der Waals surface area contributed by atoms with E-state index in [-0.39, 0.29) is 11.9 Å². The summed E-state index contributed by atoms with van der Waals surface area (Å²) in [5, 5.41) is 7.18. The van der Waals surface area contributed by atoms with Crippen LogP contribution in [-0.4, -0.2) is 19.0 Å². The Hall–Kier alpha value is -2.63. The average Bonchev–Trinajstić information content (AvgIpc) is 3.20. The molecule has 0 saturated carbocycles. The molecule has 2 aromatic carbocycles. The van der Waals surface area contributed by atoms with E-state index in [1.807, 2.05) is 68.6 Å². The number of rotatable bonds is 8. The van der Waals surface area contributed by atoms with Crippen molar-refractivity contribution in [3.63, 3.8) is 0 Å². The van der Waals surface area contributed by atoms with Crippen LogP contribution in [0.15, 0.2) is 71.4 Å². The molecular weight excluding hydrogens is 356 g/mol. The number of nitrogens with one attached hydrogen (secondary N) is 2. The highest BCUT2D eigenvalue weighted by molar-refractivity contribution is 7.07. The quantitative estimate of drug-likeness (QED) is 0.628. The van der Waals surface area contributed by atoms with Crippen LogP contribution >= 0.6 is 11.3 Å². The predicted molar refractivity (Wildman–Crippen MR) is 110 cm³/mol. The zero-order chi connectivity index (χ0) is 19.1. The third-order valence-electron chi connectivity index (χ3n) is 4.57. The first-order valence-electron chi connectivity index (χ1n) is 9.03. The number of benzene rings is 2. The molecule has 0 fully saturated rings. The molecule has 140 valence electrons. The summed E-state index contributed by atoms with van der Waals surface area (Å²) in [7, 11) is 2.04. The molecule has 1 amide bonds. The second-order valence-electron chi connectivity index (χ2n) is 6.66. The molecule has 0 aliphatic carbocycles. The van der Waals surface area contributed by atoms with Crippen molar-refractivity contribution in [2.75, 3.05) is 12.4 Å². The topological polar surface area (TPSA) is 42.8 Å². The Kier molecular flexibility index (Phi) is 6.63. The standard InChI is InChI=1S/C22H24N2O2S/c1-17(24(2)14-19-12-13-27-16-19)22(25)23-20-8-10-21(11-9-20)26-15-18-6-4-3-5-7-18/h3-13,16-17H,14-15H2,1-2H3,(H,23,25)/p+1/t17-/m0/s1. The number of hydrogen-bond acceptors (Lipinski definition) is 3. The molecule has 1 heterocycles. The summed E-state index contributed by atoms with van der Waals surface area (Å²) in [4.78, 5) is 13.7. The van der Waals surface area contributed by atoms with Gasteiger partial charge in [-0.3, -0.25) is 4.79 Å². The molecule has 1 aromatic heterocycles. The van der Waals surface area contributed by atoms with Crippen molar-refractivity contribution in [1.82, 2.24) is 0 Å². The van der Waals surface area contributed by atoms with Crippen LogP contribution in [-0.2, 0) is 17.9 Å². The van der Waals surface area contributed by atoms with E-state index in [1.54, 1.807) is 11.3 Å². The second-order valence-corrected chi connectivity index (χ2v) is 7.44. The molecule has 2 N–H and O–H groups in total. The molecule has 0 aliphatic rings. The fraction of sp³-hybridized carbons (Fsp3) is 0.227. The smallest absolute Gasteiger partial charge is 0.282 e. The van der Waals surface area contributed by atoms with E-state index in [2.05, 4.69) is 22.1 Å². The molecule has 0 spiro atoms. The molecule has 3 rings (SSSR count). The summed E-state index contributed by atoms with van der Waals surface area (Å²) in [5.74, 6) is 0.797. The van der Waals surface area contributed by atoms with Crippen molar-refractivity contribution in [2.24, 2.45) is 0 Å². The molecule has 3 aromatic rings. The third-order valence-corrected chi connectivity index (χ3v) is 5.30. The van der Waals surface area contributed by atoms with E-state index >= 15 is 0 Å². The highest BCUT2D eigenvalue weighted by Crippen LogP contribution is 2.17. The summed E-state index contributed by atoms with van der Waals surface area (Å²) < 4.78 is 5.78. The van der Waals surface area contributed by atoms with Crippen molar-refractivity contribution >= 4 is 22.9 Å². The lowest BCUT2D eigenvalue weighted by Gasteiger charge is -2.20. The first-order valence-corrected chi connectivity index (χ1v) is 9.97. The van der Waals surface area contributed by atoms with Gasteiger partial charge in [-0.15, -0.1) is 0 Å². The highest BCUT2D eigenvalue weighted by atomic mass is 32.1. The number of carbonyl (C=O) groups is 1.